The van der Waals surface area contributed by atoms with Crippen molar-refractivity contribution in [2.45, 2.75) is 44.9 Å². The summed E-state index contributed by atoms with van der Waals surface area (Å²) < 4.78 is 15.6. The van der Waals surface area contributed by atoms with Gasteiger partial charge in [-0.1, -0.05) is 18.2 Å². The number of hydrogen-bond donors (Lipinski definition) is 3. The Kier molecular flexibility index (Phi) is 10.9. The molecule has 2 unspecified atom stereocenters. The first kappa shape index (κ1) is 27.5. The summed E-state index contributed by atoms with van der Waals surface area (Å²) in [7, 11) is 1.20. The number of phenolic OH excluding ortho intramolecular Hbond substituents is 1. The van der Waals surface area contributed by atoms with Crippen LogP contribution in [0.1, 0.15) is 31.7 Å². The van der Waals surface area contributed by atoms with Gasteiger partial charge in [0, 0.05) is 24.3 Å². The maximum atomic E-state index is 12.6. The average molecular weight is 491 g/mol. The van der Waals surface area contributed by atoms with Crippen molar-refractivity contribution in [1.82, 2.24) is 5.48 Å². The van der Waals surface area contributed by atoms with Crippen molar-refractivity contribution in [3.8, 4) is 5.75 Å². The minimum atomic E-state index is -1.09. The van der Waals surface area contributed by atoms with E-state index in [0.29, 0.717) is 18.3 Å². The van der Waals surface area contributed by atoms with E-state index in [1.54, 1.807) is 25.1 Å². The van der Waals surface area contributed by atoms with Crippen molar-refractivity contribution in [3.63, 3.8) is 0 Å². The predicted molar refractivity (Wildman–Crippen MR) is 121 cm³/mol. The number of nitrogens with one attached hydrogen (secondary N) is 1. The summed E-state index contributed by atoms with van der Waals surface area (Å²) in [6.07, 6.45) is 2.17. The SMILES string of the molecule is C/C=C1/C(ON[C@H](C=O)CCC(=O)O)OC=C(C(=O)OC)C1CC(=O)OCCc1ccc(O)cc1. The van der Waals surface area contributed by atoms with Gasteiger partial charge in [0.25, 0.3) is 0 Å². The molecule has 1 aliphatic rings. The van der Waals surface area contributed by atoms with Crippen LogP contribution in [0.3, 0.4) is 0 Å². The fourth-order valence-electron chi connectivity index (χ4n) is 3.36. The van der Waals surface area contributed by atoms with Crippen molar-refractivity contribution in [2.24, 2.45) is 5.92 Å². The molecule has 0 radical (unpaired) electrons. The summed E-state index contributed by atoms with van der Waals surface area (Å²) in [4.78, 5) is 52.3. The smallest absolute Gasteiger partial charge is 0.337 e. The van der Waals surface area contributed by atoms with Gasteiger partial charge in [-0.05, 0) is 31.0 Å². The molecule has 0 aromatic heterocycles. The Labute approximate surface area is 202 Å². The summed E-state index contributed by atoms with van der Waals surface area (Å²) in [6.45, 7) is 1.77. The third kappa shape index (κ3) is 8.54. The molecule has 2 rings (SSSR count). The summed E-state index contributed by atoms with van der Waals surface area (Å²) in [6, 6.07) is 5.61. The lowest BCUT2D eigenvalue weighted by Gasteiger charge is -2.32. The molecule has 3 atom stereocenters. The lowest BCUT2D eigenvalue weighted by Crippen LogP contribution is -2.40. The first-order chi connectivity index (χ1) is 16.8. The number of carboxylic acids is 1. The number of esters is 2. The van der Waals surface area contributed by atoms with Gasteiger partial charge in [0.05, 0.1) is 38.0 Å². The average Bonchev–Trinajstić information content (AvgIpc) is 2.84. The molecule has 1 aromatic rings. The molecule has 190 valence electrons. The van der Waals surface area contributed by atoms with E-state index in [1.165, 1.54) is 19.2 Å². The van der Waals surface area contributed by atoms with E-state index < -0.39 is 36.2 Å². The number of allylic oxidation sites excluding steroid dienone is 1. The molecule has 0 bridgehead atoms. The summed E-state index contributed by atoms with van der Waals surface area (Å²) in [5.41, 5.74) is 3.85. The highest BCUT2D eigenvalue weighted by molar-refractivity contribution is 5.90. The van der Waals surface area contributed by atoms with Crippen molar-refractivity contribution >= 4 is 24.2 Å². The molecule has 0 spiro atoms. The zero-order valence-corrected chi connectivity index (χ0v) is 19.5. The van der Waals surface area contributed by atoms with Gasteiger partial charge in [0.2, 0.25) is 6.29 Å². The molecule has 0 fully saturated rings. The maximum Gasteiger partial charge on any atom is 0.337 e. The zero-order chi connectivity index (χ0) is 25.8. The quantitative estimate of drug-likeness (QED) is 0.160. The molecule has 0 amide bonds. The molecule has 1 aliphatic heterocycles. The molecule has 3 N–H and O–H groups in total. The lowest BCUT2D eigenvalue weighted by molar-refractivity contribution is -0.156. The van der Waals surface area contributed by atoms with Crippen LogP contribution in [-0.2, 0) is 44.6 Å². The van der Waals surface area contributed by atoms with E-state index in [9.17, 15) is 24.3 Å². The number of carbonyl (C=O) groups excluding carboxylic acids is 3. The molecule has 0 aliphatic carbocycles. The summed E-state index contributed by atoms with van der Waals surface area (Å²) >= 11 is 0. The number of carboxylic acid groups (broad SMARTS) is 1. The van der Waals surface area contributed by atoms with Crippen molar-refractivity contribution in [3.05, 3.63) is 53.3 Å². The van der Waals surface area contributed by atoms with Gasteiger partial charge in [0.1, 0.15) is 12.0 Å². The monoisotopic (exact) mass is 491 g/mol. The fraction of sp³-hybridized carbons (Fsp3) is 0.417. The van der Waals surface area contributed by atoms with Gasteiger partial charge in [-0.3, -0.25) is 14.4 Å². The van der Waals surface area contributed by atoms with Gasteiger partial charge in [0.15, 0.2) is 0 Å². The third-order valence-electron chi connectivity index (χ3n) is 5.24. The summed E-state index contributed by atoms with van der Waals surface area (Å²) in [5.74, 6) is -2.95. The third-order valence-corrected chi connectivity index (χ3v) is 5.24. The van der Waals surface area contributed by atoms with Crippen LogP contribution in [0, 0.1) is 5.92 Å². The first-order valence-corrected chi connectivity index (χ1v) is 10.9. The number of phenols is 1. The molecular formula is C24H29NO10. The van der Waals surface area contributed by atoms with E-state index in [2.05, 4.69) is 5.48 Å². The number of aldehydes is 1. The molecule has 0 saturated carbocycles. The first-order valence-electron chi connectivity index (χ1n) is 10.9. The fourth-order valence-corrected chi connectivity index (χ4v) is 3.36. The number of hydroxylamine groups is 1. The minimum Gasteiger partial charge on any atom is -0.508 e. The Bertz CT molecular complexity index is 954. The molecular weight excluding hydrogens is 462 g/mol. The number of rotatable bonds is 13. The van der Waals surface area contributed by atoms with E-state index in [1.807, 2.05) is 0 Å². The normalized spacial score (nSPS) is 19.3. The van der Waals surface area contributed by atoms with Crippen molar-refractivity contribution in [2.75, 3.05) is 13.7 Å². The Morgan fingerprint density at radius 3 is 2.54 bits per heavy atom. The van der Waals surface area contributed by atoms with Gasteiger partial charge >= 0.3 is 17.9 Å². The summed E-state index contributed by atoms with van der Waals surface area (Å²) in [5, 5.41) is 18.1. The van der Waals surface area contributed by atoms with Gasteiger partial charge in [-0.2, -0.15) is 5.48 Å². The van der Waals surface area contributed by atoms with Gasteiger partial charge < -0.3 is 29.2 Å². The van der Waals surface area contributed by atoms with E-state index in [-0.39, 0.29) is 37.2 Å². The number of aromatic hydroxyl groups is 1. The topological polar surface area (TPSA) is 158 Å². The second-order valence-electron chi connectivity index (χ2n) is 7.63. The Balaban J connectivity index is 2.04. The largest absolute Gasteiger partial charge is 0.508 e. The molecule has 11 nitrogen and oxygen atoms in total. The Morgan fingerprint density at radius 1 is 1.23 bits per heavy atom. The number of aliphatic carboxylic acids is 1. The highest BCUT2D eigenvalue weighted by atomic mass is 16.8. The number of benzene rings is 1. The van der Waals surface area contributed by atoms with E-state index >= 15 is 0 Å². The lowest BCUT2D eigenvalue weighted by atomic mass is 9.86. The van der Waals surface area contributed by atoms with Gasteiger partial charge in [-0.25, -0.2) is 4.79 Å². The molecule has 11 heteroatoms. The predicted octanol–water partition coefficient (Wildman–Crippen LogP) is 1.80. The van der Waals surface area contributed by atoms with Crippen LogP contribution < -0.4 is 5.48 Å². The second kappa shape index (κ2) is 13.9. The zero-order valence-electron chi connectivity index (χ0n) is 19.5. The molecule has 1 aromatic carbocycles. The Hall–Kier alpha value is -3.70. The van der Waals surface area contributed by atoms with Crippen LogP contribution in [0.15, 0.2) is 47.7 Å². The molecule has 35 heavy (non-hydrogen) atoms. The number of methoxy groups -OCH3 is 1. The number of carbonyl (C=O) groups is 4. The second-order valence-corrected chi connectivity index (χ2v) is 7.63. The van der Waals surface area contributed by atoms with E-state index in [0.717, 1.165) is 11.8 Å². The van der Waals surface area contributed by atoms with Crippen LogP contribution in [0.2, 0.25) is 0 Å². The highest BCUT2D eigenvalue weighted by Crippen LogP contribution is 2.34. The van der Waals surface area contributed by atoms with Crippen LogP contribution in [0.25, 0.3) is 0 Å². The van der Waals surface area contributed by atoms with Crippen molar-refractivity contribution < 1.29 is 48.4 Å². The van der Waals surface area contributed by atoms with Crippen LogP contribution in [0.5, 0.6) is 5.75 Å². The van der Waals surface area contributed by atoms with Crippen LogP contribution in [-0.4, -0.2) is 60.5 Å². The number of ether oxygens (including phenoxy) is 3. The highest BCUT2D eigenvalue weighted by Gasteiger charge is 2.37. The molecule has 1 heterocycles. The minimum absolute atomic E-state index is 0.00321. The van der Waals surface area contributed by atoms with Crippen LogP contribution >= 0.6 is 0 Å². The van der Waals surface area contributed by atoms with Crippen LogP contribution in [0.4, 0.5) is 0 Å². The van der Waals surface area contributed by atoms with E-state index in [4.69, 9.17) is 24.2 Å². The van der Waals surface area contributed by atoms with Crippen molar-refractivity contribution in [1.29, 1.82) is 0 Å². The van der Waals surface area contributed by atoms with Gasteiger partial charge in [-0.15, -0.1) is 0 Å². The number of hydrogen-bond acceptors (Lipinski definition) is 10. The molecule has 0 saturated heterocycles. The maximum absolute atomic E-state index is 12.6. The standard InChI is InChI=1S/C24H29NO10/c1-3-18-19(12-22(30)33-11-10-15-4-7-17(27)8-5-15)20(23(31)32-2)14-34-24(18)35-25-16(13-26)6-9-21(28)29/h3-5,7-8,13-14,16,19,24-25,27H,6,9-12H2,1-2H3,(H,28,29)/b18-3+/t16-,19?,24?/m0/s1. The Morgan fingerprint density at radius 2 is 1.94 bits per heavy atom.